The van der Waals surface area contributed by atoms with Gasteiger partial charge in [0.25, 0.3) is 0 Å². The number of carbonyl (C=O) groups is 1. The Morgan fingerprint density at radius 1 is 1.24 bits per heavy atom. The Morgan fingerprint density at radius 2 is 1.96 bits per heavy atom. The van der Waals surface area contributed by atoms with Gasteiger partial charge in [0.15, 0.2) is 0 Å². The number of ether oxygens (including phenoxy) is 1. The van der Waals surface area contributed by atoms with Crippen LogP contribution in [-0.2, 0) is 17.8 Å². The average molecular weight is 342 g/mol. The van der Waals surface area contributed by atoms with Crippen molar-refractivity contribution in [3.8, 4) is 0 Å². The minimum Gasteiger partial charge on any atom is -0.467 e. The number of methoxy groups -OCH3 is 1. The molecule has 0 N–H and O–H groups in total. The van der Waals surface area contributed by atoms with E-state index in [4.69, 9.17) is 9.15 Å². The van der Waals surface area contributed by atoms with E-state index in [9.17, 15) is 4.79 Å². The van der Waals surface area contributed by atoms with E-state index >= 15 is 0 Å². The van der Waals surface area contributed by atoms with Crippen molar-refractivity contribution in [1.29, 1.82) is 0 Å². The molecule has 0 amide bonds. The van der Waals surface area contributed by atoms with Gasteiger partial charge in [-0.25, -0.2) is 4.79 Å². The molecule has 2 heterocycles. The number of esters is 1. The molecule has 0 radical (unpaired) electrons. The molecule has 1 aliphatic rings. The Hall–Kier alpha value is -2.11. The summed E-state index contributed by atoms with van der Waals surface area (Å²) >= 11 is 0. The van der Waals surface area contributed by atoms with Gasteiger partial charge in [-0.15, -0.1) is 0 Å². The summed E-state index contributed by atoms with van der Waals surface area (Å²) in [6, 6.07) is 12.8. The van der Waals surface area contributed by atoms with Crippen molar-refractivity contribution in [3.05, 3.63) is 59.5 Å². The zero-order chi connectivity index (χ0) is 17.6. The molecule has 5 heteroatoms. The minimum atomic E-state index is -0.338. The van der Waals surface area contributed by atoms with Crippen LogP contribution in [0.5, 0.6) is 0 Å². The van der Waals surface area contributed by atoms with Crippen LogP contribution in [0, 0.1) is 0 Å². The summed E-state index contributed by atoms with van der Waals surface area (Å²) in [4.78, 5) is 16.6. The highest BCUT2D eigenvalue weighted by atomic mass is 16.5. The van der Waals surface area contributed by atoms with Crippen LogP contribution in [0.25, 0.3) is 0 Å². The van der Waals surface area contributed by atoms with Crippen molar-refractivity contribution in [2.24, 2.45) is 0 Å². The molecule has 0 atom stereocenters. The van der Waals surface area contributed by atoms with Gasteiger partial charge in [0, 0.05) is 12.6 Å². The number of likely N-dealkylation sites (tertiary alicyclic amines) is 1. The lowest BCUT2D eigenvalue weighted by Crippen LogP contribution is -2.42. The molecule has 134 valence electrons. The number of hydrogen-bond donors (Lipinski definition) is 0. The molecule has 0 unspecified atom stereocenters. The Kier molecular flexibility index (Phi) is 5.89. The molecule has 1 fully saturated rings. The number of nitrogens with zero attached hydrogens (tertiary/aromatic N) is 2. The molecule has 0 spiro atoms. The predicted octanol–water partition coefficient (Wildman–Crippen LogP) is 3.16. The molecule has 1 aliphatic heterocycles. The summed E-state index contributed by atoms with van der Waals surface area (Å²) in [6.45, 7) is 3.82. The number of piperidine rings is 1. The Balaban J connectivity index is 1.51. The van der Waals surface area contributed by atoms with E-state index in [0.717, 1.165) is 32.5 Å². The number of hydrogen-bond acceptors (Lipinski definition) is 5. The van der Waals surface area contributed by atoms with Crippen LogP contribution in [0.1, 0.15) is 34.5 Å². The van der Waals surface area contributed by atoms with Crippen LogP contribution >= 0.6 is 0 Å². The first-order chi connectivity index (χ1) is 12.2. The maximum Gasteiger partial charge on any atom is 0.341 e. The van der Waals surface area contributed by atoms with Crippen molar-refractivity contribution in [2.75, 3.05) is 27.2 Å². The fourth-order valence-electron chi connectivity index (χ4n) is 3.47. The van der Waals surface area contributed by atoms with Gasteiger partial charge in [-0.1, -0.05) is 30.3 Å². The third-order valence-corrected chi connectivity index (χ3v) is 4.97. The number of rotatable bonds is 6. The van der Waals surface area contributed by atoms with Crippen LogP contribution in [0.2, 0.25) is 0 Å². The standard InChI is InChI=1S/C20H26N2O3/c1-21(15-19-18(10-13-25-19)20(23)24-2)17-8-11-22(12-9-17)14-16-6-4-3-5-7-16/h3-7,10,13,17H,8-9,11-12,14-15H2,1-2H3. The number of furan rings is 1. The highest BCUT2D eigenvalue weighted by Gasteiger charge is 2.24. The molecule has 0 bridgehead atoms. The second-order valence-electron chi connectivity index (χ2n) is 6.66. The third-order valence-electron chi connectivity index (χ3n) is 4.97. The van der Waals surface area contributed by atoms with E-state index in [1.54, 1.807) is 12.3 Å². The lowest BCUT2D eigenvalue weighted by molar-refractivity contribution is 0.0594. The molecule has 0 aliphatic carbocycles. The predicted molar refractivity (Wildman–Crippen MR) is 96.3 cm³/mol. The smallest absolute Gasteiger partial charge is 0.341 e. The maximum absolute atomic E-state index is 11.8. The van der Waals surface area contributed by atoms with Crippen molar-refractivity contribution in [2.45, 2.75) is 32.0 Å². The lowest BCUT2D eigenvalue weighted by atomic mass is 10.0. The van der Waals surface area contributed by atoms with E-state index < -0.39 is 0 Å². The topological polar surface area (TPSA) is 45.9 Å². The average Bonchev–Trinajstić information content (AvgIpc) is 3.10. The van der Waals surface area contributed by atoms with E-state index in [1.807, 2.05) is 0 Å². The van der Waals surface area contributed by atoms with E-state index in [1.165, 1.54) is 12.7 Å². The zero-order valence-corrected chi connectivity index (χ0v) is 15.0. The highest BCUT2D eigenvalue weighted by molar-refractivity contribution is 5.90. The fraction of sp³-hybridized carbons (Fsp3) is 0.450. The first kappa shape index (κ1) is 17.7. The van der Waals surface area contributed by atoms with E-state index in [-0.39, 0.29) is 5.97 Å². The van der Waals surface area contributed by atoms with Crippen LogP contribution < -0.4 is 0 Å². The second kappa shape index (κ2) is 8.32. The number of benzene rings is 1. The van der Waals surface area contributed by atoms with Crippen LogP contribution in [0.3, 0.4) is 0 Å². The van der Waals surface area contributed by atoms with Gasteiger partial charge in [-0.05, 0) is 44.6 Å². The second-order valence-corrected chi connectivity index (χ2v) is 6.66. The van der Waals surface area contributed by atoms with Crippen molar-refractivity contribution < 1.29 is 13.9 Å². The third kappa shape index (κ3) is 4.50. The SMILES string of the molecule is COC(=O)c1ccoc1CN(C)C1CCN(Cc2ccccc2)CC1. The molecule has 1 aromatic carbocycles. The lowest BCUT2D eigenvalue weighted by Gasteiger charge is -2.36. The van der Waals surface area contributed by atoms with Crippen molar-refractivity contribution in [1.82, 2.24) is 9.80 Å². The molecule has 1 aromatic heterocycles. The van der Waals surface area contributed by atoms with E-state index in [2.05, 4.69) is 47.2 Å². The summed E-state index contributed by atoms with van der Waals surface area (Å²) < 4.78 is 10.3. The molecular formula is C20H26N2O3. The number of carbonyl (C=O) groups excluding carboxylic acids is 1. The first-order valence-corrected chi connectivity index (χ1v) is 8.78. The Bertz CT molecular complexity index is 675. The van der Waals surface area contributed by atoms with Gasteiger partial charge >= 0.3 is 5.97 Å². The molecule has 1 saturated heterocycles. The van der Waals surface area contributed by atoms with Gasteiger partial charge in [0.1, 0.15) is 11.3 Å². The fourth-order valence-corrected chi connectivity index (χ4v) is 3.47. The van der Waals surface area contributed by atoms with Gasteiger partial charge in [0.05, 0.1) is 19.9 Å². The minimum absolute atomic E-state index is 0.338. The zero-order valence-electron chi connectivity index (χ0n) is 15.0. The van der Waals surface area contributed by atoms with E-state index in [0.29, 0.717) is 23.9 Å². The van der Waals surface area contributed by atoms with Gasteiger partial charge < -0.3 is 9.15 Å². The Labute approximate surface area is 149 Å². The van der Waals surface area contributed by atoms with Crippen LogP contribution in [0.4, 0.5) is 0 Å². The summed E-state index contributed by atoms with van der Waals surface area (Å²) in [5.41, 5.74) is 1.89. The molecule has 25 heavy (non-hydrogen) atoms. The van der Waals surface area contributed by atoms with Gasteiger partial charge in [-0.3, -0.25) is 9.80 Å². The van der Waals surface area contributed by atoms with Gasteiger partial charge in [0.2, 0.25) is 0 Å². The van der Waals surface area contributed by atoms with Gasteiger partial charge in [-0.2, -0.15) is 0 Å². The molecule has 0 saturated carbocycles. The molecule has 2 aromatic rings. The van der Waals surface area contributed by atoms with Crippen LogP contribution in [-0.4, -0.2) is 49.1 Å². The molecule has 3 rings (SSSR count). The highest BCUT2D eigenvalue weighted by Crippen LogP contribution is 2.21. The summed E-state index contributed by atoms with van der Waals surface area (Å²) in [7, 11) is 3.49. The normalized spacial score (nSPS) is 16.3. The van der Waals surface area contributed by atoms with Crippen molar-refractivity contribution >= 4 is 5.97 Å². The monoisotopic (exact) mass is 342 g/mol. The summed E-state index contributed by atoms with van der Waals surface area (Å²) in [5.74, 6) is 0.343. The first-order valence-electron chi connectivity index (χ1n) is 8.78. The molecule has 5 nitrogen and oxygen atoms in total. The maximum atomic E-state index is 11.8. The Morgan fingerprint density at radius 3 is 2.64 bits per heavy atom. The summed E-state index contributed by atoms with van der Waals surface area (Å²) in [5, 5.41) is 0. The van der Waals surface area contributed by atoms with Crippen molar-refractivity contribution in [3.63, 3.8) is 0 Å². The molecular weight excluding hydrogens is 316 g/mol. The van der Waals surface area contributed by atoms with Crippen LogP contribution in [0.15, 0.2) is 47.1 Å². The largest absolute Gasteiger partial charge is 0.467 e. The summed E-state index contributed by atoms with van der Waals surface area (Å²) in [6.07, 6.45) is 3.80. The quantitative estimate of drug-likeness (QED) is 0.755.